The van der Waals surface area contributed by atoms with Gasteiger partial charge in [-0.3, -0.25) is 5.10 Å². The zero-order valence-corrected chi connectivity index (χ0v) is 15.4. The molecule has 6 nitrogen and oxygen atoms in total. The number of aromatic nitrogens is 3. The van der Waals surface area contributed by atoms with Gasteiger partial charge < -0.3 is 15.0 Å². The minimum atomic E-state index is 0.468. The third-order valence-corrected chi connectivity index (χ3v) is 4.73. The Morgan fingerprint density at radius 1 is 1.04 bits per heavy atom. The lowest BCUT2D eigenvalue weighted by Crippen LogP contribution is -2.36. The lowest BCUT2D eigenvalue weighted by Gasteiger charge is -2.28. The van der Waals surface area contributed by atoms with Crippen molar-refractivity contribution in [1.82, 2.24) is 15.2 Å². The number of ether oxygens (including phenoxy) is 1. The predicted molar refractivity (Wildman–Crippen MR) is 105 cm³/mol. The molecule has 0 radical (unpaired) electrons. The molecule has 134 valence electrons. The molecule has 26 heavy (non-hydrogen) atoms. The molecule has 0 atom stereocenters. The molecule has 0 aliphatic carbocycles. The smallest absolute Gasteiger partial charge is 0.246 e. The third-order valence-electron chi connectivity index (χ3n) is 4.17. The van der Waals surface area contributed by atoms with Crippen molar-refractivity contribution in [3.05, 3.63) is 52.5 Å². The number of nitrogens with zero attached hydrogens (tertiary/aromatic N) is 3. The van der Waals surface area contributed by atoms with Crippen LogP contribution in [0.2, 0.25) is 10.0 Å². The molecular formula is C18H17Cl2N5O. The summed E-state index contributed by atoms with van der Waals surface area (Å²) in [5.74, 6) is 1.03. The molecular weight excluding hydrogens is 373 g/mol. The van der Waals surface area contributed by atoms with Crippen molar-refractivity contribution in [3.8, 4) is 11.4 Å². The molecule has 2 aromatic carbocycles. The summed E-state index contributed by atoms with van der Waals surface area (Å²) in [6, 6.07) is 13.4. The van der Waals surface area contributed by atoms with Gasteiger partial charge in [0.05, 0.1) is 18.2 Å². The van der Waals surface area contributed by atoms with E-state index in [0.717, 1.165) is 32.0 Å². The van der Waals surface area contributed by atoms with E-state index < -0.39 is 0 Å². The highest BCUT2D eigenvalue weighted by Crippen LogP contribution is 2.29. The van der Waals surface area contributed by atoms with Gasteiger partial charge in [0.2, 0.25) is 5.95 Å². The largest absolute Gasteiger partial charge is 0.378 e. The molecule has 0 amide bonds. The Morgan fingerprint density at radius 3 is 2.58 bits per heavy atom. The monoisotopic (exact) mass is 389 g/mol. The van der Waals surface area contributed by atoms with Gasteiger partial charge in [0.25, 0.3) is 0 Å². The van der Waals surface area contributed by atoms with E-state index in [4.69, 9.17) is 27.9 Å². The molecule has 2 heterocycles. The Bertz CT molecular complexity index is 891. The summed E-state index contributed by atoms with van der Waals surface area (Å²) < 4.78 is 5.39. The van der Waals surface area contributed by atoms with E-state index in [1.165, 1.54) is 5.69 Å². The van der Waals surface area contributed by atoms with Gasteiger partial charge in [0, 0.05) is 35.1 Å². The van der Waals surface area contributed by atoms with E-state index >= 15 is 0 Å². The number of hydrogen-bond donors (Lipinski definition) is 2. The maximum Gasteiger partial charge on any atom is 0.246 e. The molecule has 1 fully saturated rings. The van der Waals surface area contributed by atoms with E-state index in [-0.39, 0.29) is 0 Å². The summed E-state index contributed by atoms with van der Waals surface area (Å²) in [4.78, 5) is 6.75. The fourth-order valence-electron chi connectivity index (χ4n) is 2.82. The van der Waals surface area contributed by atoms with Gasteiger partial charge in [0.15, 0.2) is 5.82 Å². The summed E-state index contributed by atoms with van der Waals surface area (Å²) in [5.41, 5.74) is 2.80. The Morgan fingerprint density at radius 2 is 1.81 bits per heavy atom. The van der Waals surface area contributed by atoms with Gasteiger partial charge >= 0.3 is 0 Å². The highest BCUT2D eigenvalue weighted by atomic mass is 35.5. The van der Waals surface area contributed by atoms with Crippen molar-refractivity contribution in [2.45, 2.75) is 0 Å². The quantitative estimate of drug-likeness (QED) is 0.693. The van der Waals surface area contributed by atoms with E-state index in [1.54, 1.807) is 18.2 Å². The van der Waals surface area contributed by atoms with Gasteiger partial charge in [-0.1, -0.05) is 23.2 Å². The maximum atomic E-state index is 6.21. The lowest BCUT2D eigenvalue weighted by molar-refractivity contribution is 0.122. The molecule has 1 saturated heterocycles. The zero-order chi connectivity index (χ0) is 17.9. The molecule has 0 saturated carbocycles. The summed E-state index contributed by atoms with van der Waals surface area (Å²) in [5, 5.41) is 11.4. The number of benzene rings is 2. The average molecular weight is 390 g/mol. The molecule has 0 unspecified atom stereocenters. The molecule has 4 rings (SSSR count). The normalized spacial score (nSPS) is 14.5. The molecule has 8 heteroatoms. The van der Waals surface area contributed by atoms with Gasteiger partial charge in [-0.05, 0) is 42.5 Å². The standard InChI is InChI=1S/C18H17Cl2N5O/c19-12-1-6-16(20)15(11-12)17-22-18(24-23-17)21-13-2-4-14(5-3-13)25-7-9-26-10-8-25/h1-6,11H,7-10H2,(H2,21,22,23,24). The van der Waals surface area contributed by atoms with Crippen LogP contribution in [-0.4, -0.2) is 41.5 Å². The summed E-state index contributed by atoms with van der Waals surface area (Å²) in [6.07, 6.45) is 0. The first kappa shape index (κ1) is 17.1. The number of hydrogen-bond acceptors (Lipinski definition) is 5. The summed E-state index contributed by atoms with van der Waals surface area (Å²) in [6.45, 7) is 3.37. The van der Waals surface area contributed by atoms with Crippen molar-refractivity contribution in [2.24, 2.45) is 0 Å². The lowest BCUT2D eigenvalue weighted by atomic mass is 10.2. The zero-order valence-electron chi connectivity index (χ0n) is 13.9. The van der Waals surface area contributed by atoms with Crippen LogP contribution in [0, 0.1) is 0 Å². The fourth-order valence-corrected chi connectivity index (χ4v) is 3.20. The van der Waals surface area contributed by atoms with Crippen LogP contribution >= 0.6 is 23.2 Å². The van der Waals surface area contributed by atoms with Crippen LogP contribution in [-0.2, 0) is 4.74 Å². The van der Waals surface area contributed by atoms with Crippen LogP contribution in [0.15, 0.2) is 42.5 Å². The van der Waals surface area contributed by atoms with E-state index in [1.807, 2.05) is 12.1 Å². The SMILES string of the molecule is Clc1ccc(Cl)c(-c2nc(Nc3ccc(N4CCOCC4)cc3)n[nH]2)c1. The third kappa shape index (κ3) is 3.77. The number of H-pyrrole nitrogens is 1. The molecule has 0 bridgehead atoms. The first-order valence-electron chi connectivity index (χ1n) is 8.27. The molecule has 0 spiro atoms. The minimum Gasteiger partial charge on any atom is -0.378 e. The predicted octanol–water partition coefficient (Wildman–Crippen LogP) is 4.36. The van der Waals surface area contributed by atoms with Crippen molar-refractivity contribution in [1.29, 1.82) is 0 Å². The Balaban J connectivity index is 1.48. The van der Waals surface area contributed by atoms with Gasteiger partial charge in [-0.15, -0.1) is 5.10 Å². The van der Waals surface area contributed by atoms with Crippen molar-refractivity contribution < 1.29 is 4.74 Å². The average Bonchev–Trinajstić information content (AvgIpc) is 3.13. The number of halogens is 2. The summed E-state index contributed by atoms with van der Waals surface area (Å²) >= 11 is 12.2. The van der Waals surface area contributed by atoms with Gasteiger partial charge in [-0.2, -0.15) is 4.98 Å². The second-order valence-electron chi connectivity index (χ2n) is 5.90. The number of aromatic amines is 1. The first-order chi connectivity index (χ1) is 12.7. The number of morpholine rings is 1. The fraction of sp³-hybridized carbons (Fsp3) is 0.222. The van der Waals surface area contributed by atoms with Crippen LogP contribution in [0.1, 0.15) is 0 Å². The number of nitrogens with one attached hydrogen (secondary N) is 2. The second kappa shape index (κ2) is 7.53. The van der Waals surface area contributed by atoms with E-state index in [2.05, 4.69) is 37.5 Å². The first-order valence-corrected chi connectivity index (χ1v) is 9.02. The molecule has 2 N–H and O–H groups in total. The highest BCUT2D eigenvalue weighted by molar-refractivity contribution is 6.35. The van der Waals surface area contributed by atoms with Crippen LogP contribution < -0.4 is 10.2 Å². The van der Waals surface area contributed by atoms with Crippen molar-refractivity contribution in [2.75, 3.05) is 36.5 Å². The van der Waals surface area contributed by atoms with Gasteiger partial charge in [0.1, 0.15) is 0 Å². The van der Waals surface area contributed by atoms with Gasteiger partial charge in [-0.25, -0.2) is 0 Å². The molecule has 1 aliphatic heterocycles. The Hall–Kier alpha value is -2.28. The highest BCUT2D eigenvalue weighted by Gasteiger charge is 2.12. The Kier molecular flexibility index (Phi) is 4.97. The van der Waals surface area contributed by atoms with Crippen LogP contribution in [0.25, 0.3) is 11.4 Å². The molecule has 1 aliphatic rings. The van der Waals surface area contributed by atoms with Crippen LogP contribution in [0.3, 0.4) is 0 Å². The van der Waals surface area contributed by atoms with E-state index in [0.29, 0.717) is 27.4 Å². The number of rotatable bonds is 4. The minimum absolute atomic E-state index is 0.468. The molecule has 1 aromatic heterocycles. The summed E-state index contributed by atoms with van der Waals surface area (Å²) in [7, 11) is 0. The molecule has 3 aromatic rings. The number of anilines is 3. The second-order valence-corrected chi connectivity index (χ2v) is 6.75. The topological polar surface area (TPSA) is 66.1 Å². The Labute approximate surface area is 161 Å². The van der Waals surface area contributed by atoms with E-state index in [9.17, 15) is 0 Å². The van der Waals surface area contributed by atoms with Crippen molar-refractivity contribution in [3.63, 3.8) is 0 Å². The van der Waals surface area contributed by atoms with Crippen LogP contribution in [0.5, 0.6) is 0 Å². The maximum absolute atomic E-state index is 6.21. The van der Waals surface area contributed by atoms with Crippen LogP contribution in [0.4, 0.5) is 17.3 Å². The van der Waals surface area contributed by atoms with Crippen molar-refractivity contribution >= 4 is 40.5 Å².